The molecule has 0 saturated carbocycles. The second-order valence-corrected chi connectivity index (χ2v) is 5.29. The fraction of sp³-hybridized carbons (Fsp3) is 0.538. The van der Waals surface area contributed by atoms with E-state index >= 15 is 0 Å². The van der Waals surface area contributed by atoms with Gasteiger partial charge in [-0.15, -0.1) is 0 Å². The zero-order valence-electron chi connectivity index (χ0n) is 11.4. The van der Waals surface area contributed by atoms with E-state index in [1.165, 1.54) is 6.07 Å². The summed E-state index contributed by atoms with van der Waals surface area (Å²) < 4.78 is 13.4. The number of hydrogen-bond acceptors (Lipinski definition) is 3. The van der Waals surface area contributed by atoms with Crippen LogP contribution >= 0.6 is 0 Å². The number of benzene rings is 1. The maximum atomic E-state index is 13.4. The molecule has 0 fully saturated rings. The molecule has 0 radical (unpaired) electrons. The Balaban J connectivity index is 2.91. The van der Waals surface area contributed by atoms with E-state index in [0.717, 1.165) is 18.1 Å². The van der Waals surface area contributed by atoms with Gasteiger partial charge in [0.05, 0.1) is 0 Å². The van der Waals surface area contributed by atoms with Crippen LogP contribution in [0.4, 0.5) is 4.39 Å². The summed E-state index contributed by atoms with van der Waals surface area (Å²) in [4.78, 5) is 2.12. The van der Waals surface area contributed by atoms with Crippen LogP contribution in [0.15, 0.2) is 18.2 Å². The Labute approximate surface area is 108 Å². The number of rotatable bonds is 5. The van der Waals surface area contributed by atoms with Gasteiger partial charge >= 0.3 is 7.12 Å². The molecule has 0 aromatic heterocycles. The highest BCUT2D eigenvalue weighted by atomic mass is 19.1. The van der Waals surface area contributed by atoms with Crippen LogP contribution in [-0.4, -0.2) is 34.7 Å². The maximum Gasteiger partial charge on any atom is 0.488 e. The molecule has 0 atom stereocenters. The largest absolute Gasteiger partial charge is 0.488 e. The van der Waals surface area contributed by atoms with Gasteiger partial charge in [-0.3, -0.25) is 4.90 Å². The first-order valence-corrected chi connectivity index (χ1v) is 6.13. The van der Waals surface area contributed by atoms with Crippen molar-refractivity contribution in [3.8, 4) is 0 Å². The smallest absolute Gasteiger partial charge is 0.423 e. The predicted molar refractivity (Wildman–Crippen MR) is 72.1 cm³/mol. The van der Waals surface area contributed by atoms with Crippen LogP contribution in [-0.2, 0) is 6.54 Å². The third kappa shape index (κ3) is 3.80. The Hall–Kier alpha value is -0.905. The lowest BCUT2D eigenvalue weighted by Crippen LogP contribution is -2.40. The third-order valence-corrected chi connectivity index (χ3v) is 3.60. The number of hydrogen-bond donors (Lipinski definition) is 2. The topological polar surface area (TPSA) is 43.7 Å². The van der Waals surface area contributed by atoms with Crippen molar-refractivity contribution in [2.45, 2.75) is 39.3 Å². The van der Waals surface area contributed by atoms with E-state index in [2.05, 4.69) is 25.7 Å². The van der Waals surface area contributed by atoms with Crippen LogP contribution in [0.2, 0.25) is 0 Å². The molecule has 1 rings (SSSR count). The van der Waals surface area contributed by atoms with Crippen molar-refractivity contribution in [3.05, 3.63) is 29.6 Å². The lowest BCUT2D eigenvalue weighted by molar-refractivity contribution is 0.143. The number of halogens is 1. The molecule has 0 aliphatic heterocycles. The van der Waals surface area contributed by atoms with E-state index in [1.54, 1.807) is 6.07 Å². The second kappa shape index (κ2) is 5.82. The van der Waals surface area contributed by atoms with Crippen molar-refractivity contribution in [1.82, 2.24) is 4.90 Å². The highest BCUT2D eigenvalue weighted by Gasteiger charge is 2.22. The third-order valence-electron chi connectivity index (χ3n) is 3.60. The highest BCUT2D eigenvalue weighted by Crippen LogP contribution is 2.19. The van der Waals surface area contributed by atoms with E-state index < -0.39 is 12.9 Å². The zero-order valence-corrected chi connectivity index (χ0v) is 11.4. The molecule has 1 aromatic carbocycles. The molecule has 0 aliphatic rings. The summed E-state index contributed by atoms with van der Waals surface area (Å²) in [5.74, 6) is -0.446. The van der Waals surface area contributed by atoms with E-state index in [4.69, 9.17) is 10.0 Å². The lowest BCUT2D eigenvalue weighted by atomic mass is 9.79. The Morgan fingerprint density at radius 3 is 2.39 bits per heavy atom. The number of nitrogens with zero attached hydrogens (tertiary/aromatic N) is 1. The molecule has 0 amide bonds. The standard InChI is InChI=1S/C13H21BFNO2/c1-5-13(2,3)16(4)9-10-6-11(14(17)18)8-12(15)7-10/h6-8,17-18H,5,9H2,1-4H3. The van der Waals surface area contributed by atoms with Crippen LogP contribution in [0.5, 0.6) is 0 Å². The normalized spacial score (nSPS) is 12.0. The summed E-state index contributed by atoms with van der Waals surface area (Å²) in [6.45, 7) is 6.91. The summed E-state index contributed by atoms with van der Waals surface area (Å²) in [7, 11) is 0.340. The average Bonchev–Trinajstić information content (AvgIpc) is 2.28. The van der Waals surface area contributed by atoms with E-state index in [1.807, 2.05) is 7.05 Å². The molecule has 2 N–H and O–H groups in total. The molecule has 0 saturated heterocycles. The predicted octanol–water partition coefficient (Wildman–Crippen LogP) is 1.13. The Morgan fingerprint density at radius 2 is 1.89 bits per heavy atom. The molecule has 0 heterocycles. The SMILES string of the molecule is CCC(C)(C)N(C)Cc1cc(F)cc(B(O)O)c1. The Morgan fingerprint density at radius 1 is 1.28 bits per heavy atom. The van der Waals surface area contributed by atoms with Crippen molar-refractivity contribution in [3.63, 3.8) is 0 Å². The molecule has 3 nitrogen and oxygen atoms in total. The van der Waals surface area contributed by atoms with Gasteiger partial charge in [-0.25, -0.2) is 4.39 Å². The molecular formula is C13H21BFNO2. The molecule has 5 heteroatoms. The van der Waals surface area contributed by atoms with Crippen LogP contribution < -0.4 is 5.46 Å². The molecule has 18 heavy (non-hydrogen) atoms. The average molecular weight is 253 g/mol. The summed E-state index contributed by atoms with van der Waals surface area (Å²) in [6.07, 6.45) is 0.980. The van der Waals surface area contributed by atoms with Gasteiger partial charge in [0.1, 0.15) is 5.82 Å². The fourth-order valence-electron chi connectivity index (χ4n) is 1.67. The second-order valence-electron chi connectivity index (χ2n) is 5.29. The van der Waals surface area contributed by atoms with Crippen molar-refractivity contribution in [2.24, 2.45) is 0 Å². The summed E-state index contributed by atoms with van der Waals surface area (Å²) >= 11 is 0. The van der Waals surface area contributed by atoms with Gasteiger partial charge in [-0.05, 0) is 50.5 Å². The molecule has 0 aliphatic carbocycles. The van der Waals surface area contributed by atoms with Gasteiger partial charge in [0.2, 0.25) is 0 Å². The first-order chi connectivity index (χ1) is 8.26. The zero-order chi connectivity index (χ0) is 13.9. The van der Waals surface area contributed by atoms with Crippen LogP contribution in [0, 0.1) is 5.82 Å². The van der Waals surface area contributed by atoms with E-state index in [-0.39, 0.29) is 11.0 Å². The van der Waals surface area contributed by atoms with Crippen LogP contribution in [0.3, 0.4) is 0 Å². The minimum absolute atomic E-state index is 0.0182. The van der Waals surface area contributed by atoms with Gasteiger partial charge in [-0.2, -0.15) is 0 Å². The van der Waals surface area contributed by atoms with Gasteiger partial charge in [0, 0.05) is 12.1 Å². The van der Waals surface area contributed by atoms with E-state index in [0.29, 0.717) is 6.54 Å². The molecule has 0 bridgehead atoms. The molecule has 1 aromatic rings. The highest BCUT2D eigenvalue weighted by molar-refractivity contribution is 6.58. The quantitative estimate of drug-likeness (QED) is 0.773. The van der Waals surface area contributed by atoms with E-state index in [9.17, 15) is 4.39 Å². The van der Waals surface area contributed by atoms with Crippen LogP contribution in [0.25, 0.3) is 0 Å². The molecule has 100 valence electrons. The Bertz CT molecular complexity index is 410. The summed E-state index contributed by atoms with van der Waals surface area (Å²) in [5, 5.41) is 18.2. The molecule has 0 spiro atoms. The van der Waals surface area contributed by atoms with Gasteiger partial charge in [0.15, 0.2) is 0 Å². The van der Waals surface area contributed by atoms with Crippen molar-refractivity contribution < 1.29 is 14.4 Å². The monoisotopic (exact) mass is 253 g/mol. The van der Waals surface area contributed by atoms with Gasteiger partial charge < -0.3 is 10.0 Å². The maximum absolute atomic E-state index is 13.4. The van der Waals surface area contributed by atoms with Gasteiger partial charge in [0.25, 0.3) is 0 Å². The summed E-state index contributed by atoms with van der Waals surface area (Å²) in [6, 6.07) is 4.18. The molecule has 0 unspecified atom stereocenters. The van der Waals surface area contributed by atoms with Crippen molar-refractivity contribution in [1.29, 1.82) is 0 Å². The first kappa shape index (κ1) is 15.2. The van der Waals surface area contributed by atoms with Crippen molar-refractivity contribution >= 4 is 12.6 Å². The van der Waals surface area contributed by atoms with Gasteiger partial charge in [-0.1, -0.05) is 13.0 Å². The summed E-state index contributed by atoms with van der Waals surface area (Å²) in [5.41, 5.74) is 0.944. The van der Waals surface area contributed by atoms with Crippen LogP contribution in [0.1, 0.15) is 32.8 Å². The van der Waals surface area contributed by atoms with Crippen molar-refractivity contribution in [2.75, 3.05) is 7.05 Å². The Kier molecular flexibility index (Phi) is 4.90. The minimum atomic E-state index is -1.64. The first-order valence-electron chi connectivity index (χ1n) is 6.13. The molecular weight excluding hydrogens is 232 g/mol. The minimum Gasteiger partial charge on any atom is -0.423 e. The fourth-order valence-corrected chi connectivity index (χ4v) is 1.67. The lowest BCUT2D eigenvalue weighted by Gasteiger charge is -2.35.